The zero-order valence-electron chi connectivity index (χ0n) is 14.3. The quantitative estimate of drug-likeness (QED) is 0.428. The molecule has 3 rings (SSSR count). The van der Waals surface area contributed by atoms with Crippen LogP contribution < -0.4 is 5.32 Å². The first-order valence-corrected chi connectivity index (χ1v) is 10.9. The van der Waals surface area contributed by atoms with Crippen molar-refractivity contribution in [2.75, 3.05) is 37.9 Å². The number of hydrogen-bond donors (Lipinski definition) is 1. The lowest BCUT2D eigenvalue weighted by Crippen LogP contribution is -2.41. The van der Waals surface area contributed by atoms with Crippen LogP contribution in [0.25, 0.3) is 0 Å². The molecule has 0 aliphatic carbocycles. The smallest absolute Gasteiger partial charge is 0.263 e. The Bertz CT molecular complexity index is 727. The van der Waals surface area contributed by atoms with Crippen LogP contribution in [0.2, 0.25) is 0 Å². The average Bonchev–Trinajstić information content (AvgIpc) is 3.34. The van der Waals surface area contributed by atoms with Crippen molar-refractivity contribution in [1.82, 2.24) is 15.1 Å². The fourth-order valence-electron chi connectivity index (χ4n) is 2.64. The number of rotatable bonds is 7. The number of carbonyl (C=O) groups is 2. The number of nitrogens with one attached hydrogen (secondary N) is 1. The maximum Gasteiger partial charge on any atom is 0.263 e. The Balaban J connectivity index is 1.46. The monoisotopic (exact) mass is 412 g/mol. The summed E-state index contributed by atoms with van der Waals surface area (Å²) in [7, 11) is 1.66. The third kappa shape index (κ3) is 5.03. The Morgan fingerprint density at radius 2 is 2.19 bits per heavy atom. The van der Waals surface area contributed by atoms with Crippen LogP contribution in [0, 0.1) is 5.92 Å². The van der Waals surface area contributed by atoms with Crippen molar-refractivity contribution < 1.29 is 14.3 Å². The number of carbonyl (C=O) groups excluding carboxylic acids is 2. The number of thiophene rings is 1. The van der Waals surface area contributed by atoms with E-state index in [4.69, 9.17) is 4.74 Å². The van der Waals surface area contributed by atoms with Crippen LogP contribution in [-0.2, 0) is 9.53 Å². The van der Waals surface area contributed by atoms with E-state index in [-0.39, 0.29) is 17.7 Å². The van der Waals surface area contributed by atoms with Crippen molar-refractivity contribution in [3.8, 4) is 0 Å². The lowest BCUT2D eigenvalue weighted by Gasteiger charge is -2.30. The third-order valence-corrected chi connectivity index (χ3v) is 6.83. The highest BCUT2D eigenvalue weighted by molar-refractivity contribution is 8.01. The zero-order valence-corrected chi connectivity index (χ0v) is 16.8. The van der Waals surface area contributed by atoms with Gasteiger partial charge in [0.1, 0.15) is 0 Å². The van der Waals surface area contributed by atoms with Gasteiger partial charge in [0, 0.05) is 31.9 Å². The minimum atomic E-state index is -0.101. The van der Waals surface area contributed by atoms with E-state index in [0.29, 0.717) is 37.7 Å². The molecule has 10 heteroatoms. The lowest BCUT2D eigenvalue weighted by molar-refractivity contribution is -0.121. The Labute approximate surface area is 164 Å². The first-order chi connectivity index (χ1) is 12.7. The molecule has 3 heterocycles. The third-order valence-electron chi connectivity index (χ3n) is 4.03. The number of amides is 2. The Hall–Kier alpha value is -1.49. The van der Waals surface area contributed by atoms with Crippen molar-refractivity contribution in [2.45, 2.75) is 17.2 Å². The number of methoxy groups -OCH3 is 1. The van der Waals surface area contributed by atoms with E-state index < -0.39 is 0 Å². The predicted molar refractivity (Wildman–Crippen MR) is 104 cm³/mol. The summed E-state index contributed by atoms with van der Waals surface area (Å²) >= 11 is 4.37. The van der Waals surface area contributed by atoms with E-state index in [0.717, 1.165) is 15.0 Å². The molecule has 0 bridgehead atoms. The minimum Gasteiger partial charge on any atom is -0.384 e. The highest BCUT2D eigenvalue weighted by Gasteiger charge is 2.28. The number of ether oxygens (including phenoxy) is 1. The van der Waals surface area contributed by atoms with Gasteiger partial charge in [0.15, 0.2) is 4.34 Å². The van der Waals surface area contributed by atoms with Crippen molar-refractivity contribution >= 4 is 51.4 Å². The Morgan fingerprint density at radius 1 is 1.38 bits per heavy atom. The normalized spacial score (nSPS) is 15.2. The number of piperidine rings is 1. The van der Waals surface area contributed by atoms with Gasteiger partial charge in [0.05, 0.1) is 11.5 Å². The number of nitrogens with zero attached hydrogens (tertiary/aromatic N) is 3. The van der Waals surface area contributed by atoms with Crippen molar-refractivity contribution in [3.05, 3.63) is 22.4 Å². The first kappa shape index (κ1) is 19.3. The van der Waals surface area contributed by atoms with Crippen LogP contribution in [0.1, 0.15) is 22.5 Å². The van der Waals surface area contributed by atoms with Gasteiger partial charge in [-0.05, 0) is 24.3 Å². The Morgan fingerprint density at radius 3 is 2.88 bits per heavy atom. The van der Waals surface area contributed by atoms with Crippen LogP contribution in [-0.4, -0.2) is 59.5 Å². The summed E-state index contributed by atoms with van der Waals surface area (Å²) in [6.07, 6.45) is 1.33. The van der Waals surface area contributed by atoms with Gasteiger partial charge in [0.2, 0.25) is 11.0 Å². The molecule has 1 fully saturated rings. The fraction of sp³-hybridized carbons (Fsp3) is 0.500. The molecule has 1 aliphatic rings. The molecule has 2 amide bonds. The zero-order chi connectivity index (χ0) is 18.4. The van der Waals surface area contributed by atoms with E-state index in [2.05, 4.69) is 15.5 Å². The highest BCUT2D eigenvalue weighted by atomic mass is 32.2. The lowest BCUT2D eigenvalue weighted by atomic mass is 9.96. The second kappa shape index (κ2) is 9.45. The summed E-state index contributed by atoms with van der Waals surface area (Å²) in [5, 5.41) is 13.4. The van der Waals surface area contributed by atoms with E-state index in [1.807, 2.05) is 22.4 Å². The van der Waals surface area contributed by atoms with Gasteiger partial charge in [0.25, 0.3) is 5.91 Å². The van der Waals surface area contributed by atoms with Crippen molar-refractivity contribution in [1.29, 1.82) is 0 Å². The van der Waals surface area contributed by atoms with Crippen LogP contribution in [0.15, 0.2) is 21.9 Å². The van der Waals surface area contributed by atoms with Crippen LogP contribution in [0.3, 0.4) is 0 Å². The summed E-state index contributed by atoms with van der Waals surface area (Å²) in [6.45, 7) is 1.85. The van der Waals surface area contributed by atoms with Crippen LogP contribution in [0.5, 0.6) is 0 Å². The summed E-state index contributed by atoms with van der Waals surface area (Å²) in [6, 6.07) is 3.71. The average molecular weight is 413 g/mol. The Kier molecular flexibility index (Phi) is 7.00. The maximum absolute atomic E-state index is 12.4. The van der Waals surface area contributed by atoms with Crippen molar-refractivity contribution in [2.24, 2.45) is 5.92 Å². The fourth-order valence-corrected chi connectivity index (χ4v) is 5.06. The van der Waals surface area contributed by atoms with Crippen LogP contribution in [0.4, 0.5) is 5.13 Å². The molecule has 1 aliphatic heterocycles. The summed E-state index contributed by atoms with van der Waals surface area (Å²) in [5.41, 5.74) is 0. The molecular formula is C16H20N4O3S3. The van der Waals surface area contributed by atoms with E-state index >= 15 is 0 Å². The molecule has 140 valence electrons. The second-order valence-corrected chi connectivity index (χ2v) is 9.01. The molecule has 0 radical (unpaired) electrons. The van der Waals surface area contributed by atoms with Gasteiger partial charge in [-0.15, -0.1) is 21.5 Å². The number of aromatic nitrogens is 2. The van der Waals surface area contributed by atoms with E-state index in [1.54, 1.807) is 18.9 Å². The molecule has 2 aromatic heterocycles. The second-order valence-electron chi connectivity index (χ2n) is 5.75. The van der Waals surface area contributed by atoms with Gasteiger partial charge < -0.3 is 15.0 Å². The molecule has 7 nitrogen and oxygen atoms in total. The predicted octanol–water partition coefficient (Wildman–Crippen LogP) is 2.83. The van der Waals surface area contributed by atoms with Gasteiger partial charge in [-0.3, -0.25) is 9.59 Å². The first-order valence-electron chi connectivity index (χ1n) is 8.26. The molecule has 1 saturated heterocycles. The molecule has 0 unspecified atom stereocenters. The van der Waals surface area contributed by atoms with Gasteiger partial charge in [-0.25, -0.2) is 0 Å². The molecule has 1 N–H and O–H groups in total. The maximum atomic E-state index is 12.4. The molecule has 26 heavy (non-hydrogen) atoms. The highest BCUT2D eigenvalue weighted by Crippen LogP contribution is 2.27. The van der Waals surface area contributed by atoms with Gasteiger partial charge in [-0.2, -0.15) is 0 Å². The number of hydrogen-bond acceptors (Lipinski definition) is 8. The molecule has 2 aromatic rings. The molecule has 0 spiro atoms. The molecule has 0 aromatic carbocycles. The number of likely N-dealkylation sites (tertiary alicyclic amines) is 1. The summed E-state index contributed by atoms with van der Waals surface area (Å²) in [4.78, 5) is 27.4. The minimum absolute atomic E-state index is 0.0437. The molecule has 0 atom stereocenters. The van der Waals surface area contributed by atoms with Gasteiger partial charge >= 0.3 is 0 Å². The number of thioether (sulfide) groups is 1. The largest absolute Gasteiger partial charge is 0.384 e. The molecule has 0 saturated carbocycles. The molecular weight excluding hydrogens is 392 g/mol. The van der Waals surface area contributed by atoms with Crippen molar-refractivity contribution in [3.63, 3.8) is 0 Å². The summed E-state index contributed by atoms with van der Waals surface area (Å²) in [5.74, 6) is 0.713. The topological polar surface area (TPSA) is 84.4 Å². The van der Waals surface area contributed by atoms with E-state index in [9.17, 15) is 9.59 Å². The van der Waals surface area contributed by atoms with Crippen LogP contribution >= 0.6 is 34.4 Å². The summed E-state index contributed by atoms with van der Waals surface area (Å²) < 4.78 is 5.82. The SMILES string of the molecule is COCCSc1nnc(NC(=O)C2CCN(C(=O)c3cccs3)CC2)s1. The van der Waals surface area contributed by atoms with Gasteiger partial charge in [-0.1, -0.05) is 29.2 Å². The standard InChI is InChI=1S/C16H20N4O3S3/c1-23-8-10-25-16-19-18-15(26-16)17-13(21)11-4-6-20(7-5-11)14(22)12-3-2-9-24-12/h2-3,9,11H,4-8,10H2,1H3,(H,17,18,21). The number of anilines is 1. The van der Waals surface area contributed by atoms with E-state index in [1.165, 1.54) is 22.7 Å².